The first-order valence-electron chi connectivity index (χ1n) is 11.6. The van der Waals surface area contributed by atoms with Crippen LogP contribution < -0.4 is 15.8 Å². The van der Waals surface area contributed by atoms with Crippen LogP contribution in [0.4, 0.5) is 10.1 Å². The number of anilines is 1. The number of aromatic amines is 1. The van der Waals surface area contributed by atoms with E-state index in [4.69, 9.17) is 0 Å². The van der Waals surface area contributed by atoms with Gasteiger partial charge in [-0.15, -0.1) is 0 Å². The van der Waals surface area contributed by atoms with Crippen molar-refractivity contribution in [2.24, 2.45) is 11.8 Å². The SMILES string of the molecule is O=C(CC1CCCN(c2cn[nH]c(=O)c2)C1)NCC1CCN(Cc2cccc(F)c2)CC1. The van der Waals surface area contributed by atoms with Crippen LogP contribution in [0.3, 0.4) is 0 Å². The number of carbonyl (C=O) groups is 1. The van der Waals surface area contributed by atoms with Crippen LogP contribution in [0.5, 0.6) is 0 Å². The summed E-state index contributed by atoms with van der Waals surface area (Å²) in [5.41, 5.74) is 1.63. The Labute approximate surface area is 188 Å². The lowest BCUT2D eigenvalue weighted by molar-refractivity contribution is -0.122. The highest BCUT2D eigenvalue weighted by Crippen LogP contribution is 2.24. The Balaban J connectivity index is 1.16. The second-order valence-corrected chi connectivity index (χ2v) is 9.12. The first-order chi connectivity index (χ1) is 15.5. The molecule has 7 nitrogen and oxygen atoms in total. The Morgan fingerprint density at radius 2 is 2.00 bits per heavy atom. The fourth-order valence-electron chi connectivity index (χ4n) is 4.84. The largest absolute Gasteiger partial charge is 0.370 e. The van der Waals surface area contributed by atoms with Crippen molar-refractivity contribution in [3.8, 4) is 0 Å². The maximum absolute atomic E-state index is 13.4. The minimum atomic E-state index is -0.204. The summed E-state index contributed by atoms with van der Waals surface area (Å²) in [6.07, 6.45) is 6.31. The van der Waals surface area contributed by atoms with E-state index in [0.717, 1.165) is 76.2 Å². The number of hydrogen-bond donors (Lipinski definition) is 2. The second kappa shape index (κ2) is 10.7. The third-order valence-electron chi connectivity index (χ3n) is 6.60. The Bertz CT molecular complexity index is 957. The van der Waals surface area contributed by atoms with Gasteiger partial charge in [0, 0.05) is 38.7 Å². The predicted molar refractivity (Wildman–Crippen MR) is 122 cm³/mol. The molecule has 0 spiro atoms. The first kappa shape index (κ1) is 22.5. The van der Waals surface area contributed by atoms with Crippen molar-refractivity contribution >= 4 is 11.6 Å². The molecule has 2 saturated heterocycles. The van der Waals surface area contributed by atoms with Crippen molar-refractivity contribution in [3.05, 3.63) is 58.3 Å². The highest BCUT2D eigenvalue weighted by molar-refractivity contribution is 5.76. The molecule has 2 aliphatic rings. The van der Waals surface area contributed by atoms with E-state index in [-0.39, 0.29) is 23.2 Å². The van der Waals surface area contributed by atoms with Gasteiger partial charge in [-0.2, -0.15) is 5.10 Å². The number of hydrogen-bond acceptors (Lipinski definition) is 5. The van der Waals surface area contributed by atoms with E-state index in [0.29, 0.717) is 12.3 Å². The fraction of sp³-hybridized carbons (Fsp3) is 0.542. The molecule has 3 heterocycles. The highest BCUT2D eigenvalue weighted by atomic mass is 19.1. The van der Waals surface area contributed by atoms with Gasteiger partial charge in [0.15, 0.2) is 0 Å². The zero-order valence-corrected chi connectivity index (χ0v) is 18.4. The molecule has 0 saturated carbocycles. The summed E-state index contributed by atoms with van der Waals surface area (Å²) in [7, 11) is 0. The van der Waals surface area contributed by atoms with Crippen LogP contribution in [-0.2, 0) is 11.3 Å². The van der Waals surface area contributed by atoms with Crippen molar-refractivity contribution < 1.29 is 9.18 Å². The number of rotatable bonds is 7. The van der Waals surface area contributed by atoms with Crippen LogP contribution in [0.15, 0.2) is 41.3 Å². The number of aromatic nitrogens is 2. The molecule has 1 amide bonds. The molecule has 1 aromatic carbocycles. The van der Waals surface area contributed by atoms with Crippen molar-refractivity contribution in [1.82, 2.24) is 20.4 Å². The molecule has 1 atom stereocenters. The summed E-state index contributed by atoms with van der Waals surface area (Å²) < 4.78 is 13.4. The predicted octanol–water partition coefficient (Wildman–Crippen LogP) is 2.54. The molecule has 1 aromatic heterocycles. The van der Waals surface area contributed by atoms with Gasteiger partial charge >= 0.3 is 0 Å². The monoisotopic (exact) mass is 441 g/mol. The lowest BCUT2D eigenvalue weighted by atomic mass is 9.93. The van der Waals surface area contributed by atoms with Crippen LogP contribution in [-0.4, -0.2) is 53.7 Å². The fourth-order valence-corrected chi connectivity index (χ4v) is 4.84. The molecular formula is C24H32FN5O2. The Morgan fingerprint density at radius 1 is 1.16 bits per heavy atom. The number of likely N-dealkylation sites (tertiary alicyclic amines) is 1. The van der Waals surface area contributed by atoms with E-state index in [9.17, 15) is 14.0 Å². The molecule has 172 valence electrons. The number of halogens is 1. The van der Waals surface area contributed by atoms with Crippen LogP contribution in [0.2, 0.25) is 0 Å². The van der Waals surface area contributed by atoms with Crippen molar-refractivity contribution in [1.29, 1.82) is 0 Å². The maximum atomic E-state index is 13.4. The topological polar surface area (TPSA) is 81.3 Å². The summed E-state index contributed by atoms with van der Waals surface area (Å²) in [4.78, 5) is 28.6. The van der Waals surface area contributed by atoms with E-state index in [1.54, 1.807) is 24.4 Å². The zero-order chi connectivity index (χ0) is 22.3. The van der Waals surface area contributed by atoms with Crippen LogP contribution >= 0.6 is 0 Å². The molecule has 0 bridgehead atoms. The van der Waals surface area contributed by atoms with Gasteiger partial charge in [0.2, 0.25) is 5.91 Å². The summed E-state index contributed by atoms with van der Waals surface area (Å²) in [5.74, 6) is 0.710. The third kappa shape index (κ3) is 6.38. The first-order valence-corrected chi connectivity index (χ1v) is 11.6. The lowest BCUT2D eigenvalue weighted by Crippen LogP contribution is -2.40. The molecule has 32 heavy (non-hydrogen) atoms. The summed E-state index contributed by atoms with van der Waals surface area (Å²) in [6, 6.07) is 8.37. The molecule has 2 fully saturated rings. The second-order valence-electron chi connectivity index (χ2n) is 9.12. The average molecular weight is 442 g/mol. The van der Waals surface area contributed by atoms with Gasteiger partial charge in [-0.25, -0.2) is 9.49 Å². The maximum Gasteiger partial charge on any atom is 0.266 e. The number of nitrogens with one attached hydrogen (secondary N) is 2. The van der Waals surface area contributed by atoms with Crippen molar-refractivity contribution in [2.75, 3.05) is 37.6 Å². The number of nitrogens with zero attached hydrogens (tertiary/aromatic N) is 3. The minimum absolute atomic E-state index is 0.114. The molecule has 4 rings (SSSR count). The molecule has 0 radical (unpaired) electrons. The molecular weight excluding hydrogens is 409 g/mol. The minimum Gasteiger partial charge on any atom is -0.370 e. The van der Waals surface area contributed by atoms with Crippen LogP contribution in [0.25, 0.3) is 0 Å². The number of amides is 1. The van der Waals surface area contributed by atoms with Crippen molar-refractivity contribution in [3.63, 3.8) is 0 Å². The van der Waals surface area contributed by atoms with E-state index >= 15 is 0 Å². The van der Waals surface area contributed by atoms with Gasteiger partial charge in [-0.05, 0) is 68.3 Å². The van der Waals surface area contributed by atoms with Gasteiger partial charge in [-0.3, -0.25) is 14.5 Å². The average Bonchev–Trinajstić information content (AvgIpc) is 2.79. The van der Waals surface area contributed by atoms with Gasteiger partial charge < -0.3 is 10.2 Å². The number of benzene rings is 1. The molecule has 0 aliphatic carbocycles. The molecule has 2 aromatic rings. The molecule has 2 aliphatic heterocycles. The summed E-state index contributed by atoms with van der Waals surface area (Å²) in [6.45, 7) is 5.10. The smallest absolute Gasteiger partial charge is 0.266 e. The normalized spacial score (nSPS) is 20.3. The van der Waals surface area contributed by atoms with Gasteiger partial charge in [-0.1, -0.05) is 12.1 Å². The van der Waals surface area contributed by atoms with E-state index in [1.807, 2.05) is 6.07 Å². The zero-order valence-electron chi connectivity index (χ0n) is 18.4. The lowest BCUT2D eigenvalue weighted by Gasteiger charge is -2.34. The number of H-pyrrole nitrogens is 1. The number of piperidine rings is 2. The van der Waals surface area contributed by atoms with Crippen LogP contribution in [0.1, 0.15) is 37.7 Å². The summed E-state index contributed by atoms with van der Waals surface area (Å²) >= 11 is 0. The van der Waals surface area contributed by atoms with Gasteiger partial charge in [0.25, 0.3) is 5.56 Å². The van der Waals surface area contributed by atoms with E-state index in [1.165, 1.54) is 6.07 Å². The molecule has 1 unspecified atom stereocenters. The molecule has 2 N–H and O–H groups in total. The highest BCUT2D eigenvalue weighted by Gasteiger charge is 2.24. The van der Waals surface area contributed by atoms with Gasteiger partial charge in [0.1, 0.15) is 5.82 Å². The quantitative estimate of drug-likeness (QED) is 0.690. The number of carbonyl (C=O) groups excluding carboxylic acids is 1. The van der Waals surface area contributed by atoms with E-state index in [2.05, 4.69) is 25.3 Å². The standard InChI is InChI=1S/C24H32FN5O2/c25-21-5-1-3-19(11-21)16-29-9-6-18(7-10-29)14-26-23(31)12-20-4-2-8-30(17-20)22-13-24(32)28-27-15-22/h1,3,5,11,13,15,18,20H,2,4,6-10,12,14,16-17H2,(H,26,31)(H,28,32). The van der Waals surface area contributed by atoms with E-state index < -0.39 is 0 Å². The third-order valence-corrected chi connectivity index (χ3v) is 6.60. The Morgan fingerprint density at radius 3 is 2.78 bits per heavy atom. The Hall–Kier alpha value is -2.74. The van der Waals surface area contributed by atoms with Crippen LogP contribution in [0, 0.1) is 17.7 Å². The summed E-state index contributed by atoms with van der Waals surface area (Å²) in [5, 5.41) is 9.43. The van der Waals surface area contributed by atoms with Crippen molar-refractivity contribution in [2.45, 2.75) is 38.6 Å². The van der Waals surface area contributed by atoms with Gasteiger partial charge in [0.05, 0.1) is 11.9 Å². The Kier molecular flexibility index (Phi) is 7.52. The molecule has 8 heteroatoms.